The van der Waals surface area contributed by atoms with Crippen molar-refractivity contribution in [3.63, 3.8) is 0 Å². The second kappa shape index (κ2) is 6.41. The van der Waals surface area contributed by atoms with Crippen molar-refractivity contribution in [2.24, 2.45) is 0 Å². The Bertz CT molecular complexity index is 755. The summed E-state index contributed by atoms with van der Waals surface area (Å²) in [5.41, 5.74) is 12.2. The van der Waals surface area contributed by atoms with Crippen molar-refractivity contribution in [1.82, 2.24) is 9.97 Å². The van der Waals surface area contributed by atoms with Gasteiger partial charge in [-0.1, -0.05) is 12.1 Å². The lowest BCUT2D eigenvalue weighted by molar-refractivity contribution is -0.142. The molecule has 4 N–H and O–H groups in total. The van der Waals surface area contributed by atoms with Gasteiger partial charge in [-0.05, 0) is 12.1 Å². The van der Waals surface area contributed by atoms with Crippen LogP contribution in [0.4, 0.5) is 11.8 Å². The first-order valence-electron chi connectivity index (χ1n) is 6.18. The van der Waals surface area contributed by atoms with E-state index in [-0.39, 0.29) is 23.9 Å². The maximum atomic E-state index is 11.1. The molecule has 1 aromatic heterocycles. The summed E-state index contributed by atoms with van der Waals surface area (Å²) in [6.45, 7) is -0.223. The molecule has 112 valence electrons. The van der Waals surface area contributed by atoms with Gasteiger partial charge in [0.25, 0.3) is 0 Å². The number of nitriles is 1. The molecule has 0 spiro atoms. The molecule has 0 amide bonds. The van der Waals surface area contributed by atoms with Gasteiger partial charge in [0.1, 0.15) is 23.2 Å². The highest BCUT2D eigenvalue weighted by Crippen LogP contribution is 2.27. The third-order valence-electron chi connectivity index (χ3n) is 2.76. The Morgan fingerprint density at radius 2 is 2.14 bits per heavy atom. The summed E-state index contributed by atoms with van der Waals surface area (Å²) in [5, 5.41) is 9.19. The second-order valence-corrected chi connectivity index (χ2v) is 4.20. The van der Waals surface area contributed by atoms with E-state index < -0.39 is 5.97 Å². The van der Waals surface area contributed by atoms with Crippen molar-refractivity contribution in [2.45, 2.75) is 0 Å². The van der Waals surface area contributed by atoms with E-state index in [1.165, 1.54) is 7.11 Å². The van der Waals surface area contributed by atoms with Crippen molar-refractivity contribution < 1.29 is 14.3 Å². The molecule has 0 aliphatic heterocycles. The number of methoxy groups -OCH3 is 1. The van der Waals surface area contributed by atoms with E-state index >= 15 is 0 Å². The van der Waals surface area contributed by atoms with Crippen LogP contribution in [-0.2, 0) is 9.53 Å². The molecular formula is C14H13N5O3. The maximum Gasteiger partial charge on any atom is 0.343 e. The number of aromatic nitrogens is 2. The van der Waals surface area contributed by atoms with Crippen molar-refractivity contribution >= 4 is 17.7 Å². The highest BCUT2D eigenvalue weighted by molar-refractivity contribution is 5.74. The first-order chi connectivity index (χ1) is 10.5. The van der Waals surface area contributed by atoms with Gasteiger partial charge in [-0.15, -0.1) is 0 Å². The Kier molecular flexibility index (Phi) is 4.38. The van der Waals surface area contributed by atoms with Crippen LogP contribution in [0.2, 0.25) is 0 Å². The lowest BCUT2D eigenvalue weighted by Crippen LogP contribution is -2.12. The first-order valence-corrected chi connectivity index (χ1v) is 6.18. The smallest absolute Gasteiger partial charge is 0.343 e. The van der Waals surface area contributed by atoms with Gasteiger partial charge in [-0.2, -0.15) is 10.2 Å². The van der Waals surface area contributed by atoms with Gasteiger partial charge in [-0.3, -0.25) is 0 Å². The van der Waals surface area contributed by atoms with Gasteiger partial charge in [0.05, 0.1) is 12.8 Å². The molecule has 2 rings (SSSR count). The molecule has 22 heavy (non-hydrogen) atoms. The standard InChI is InChI=1S/C14H13N5O3/c1-21-11(20)7-22-9-4-2-3-8(5-9)12-10(6-15)13(16)19-14(17)18-12/h2-5H,7H2,1H3,(H4,16,17,18,19). The van der Waals surface area contributed by atoms with Crippen LogP contribution in [0.1, 0.15) is 5.56 Å². The Labute approximate surface area is 126 Å². The number of hydrogen-bond donors (Lipinski definition) is 2. The van der Waals surface area contributed by atoms with Gasteiger partial charge >= 0.3 is 5.97 Å². The lowest BCUT2D eigenvalue weighted by atomic mass is 10.1. The van der Waals surface area contributed by atoms with Gasteiger partial charge in [0, 0.05) is 5.56 Å². The molecule has 1 aromatic carbocycles. The van der Waals surface area contributed by atoms with Gasteiger partial charge < -0.3 is 20.9 Å². The molecule has 0 radical (unpaired) electrons. The highest BCUT2D eigenvalue weighted by Gasteiger charge is 2.14. The fourth-order valence-electron chi connectivity index (χ4n) is 1.75. The lowest BCUT2D eigenvalue weighted by Gasteiger charge is -2.09. The monoisotopic (exact) mass is 299 g/mol. The number of benzene rings is 1. The number of nitrogen functional groups attached to an aromatic ring is 2. The van der Waals surface area contributed by atoms with E-state index in [0.29, 0.717) is 17.0 Å². The molecule has 0 saturated carbocycles. The number of rotatable bonds is 4. The Morgan fingerprint density at radius 1 is 1.36 bits per heavy atom. The van der Waals surface area contributed by atoms with E-state index in [2.05, 4.69) is 14.7 Å². The fraction of sp³-hybridized carbons (Fsp3) is 0.143. The minimum atomic E-state index is -0.501. The molecule has 0 atom stereocenters. The highest BCUT2D eigenvalue weighted by atomic mass is 16.6. The van der Waals surface area contributed by atoms with E-state index in [4.69, 9.17) is 16.2 Å². The number of nitrogens with two attached hydrogens (primary N) is 2. The SMILES string of the molecule is COC(=O)COc1cccc(-c2nc(N)nc(N)c2C#N)c1. The number of carbonyl (C=O) groups is 1. The van der Waals surface area contributed by atoms with E-state index in [9.17, 15) is 10.1 Å². The molecule has 0 unspecified atom stereocenters. The largest absolute Gasteiger partial charge is 0.482 e. The van der Waals surface area contributed by atoms with Crippen LogP contribution in [0.5, 0.6) is 5.75 Å². The Hall–Kier alpha value is -3.34. The normalized spacial score (nSPS) is 9.82. The van der Waals surface area contributed by atoms with Crippen LogP contribution >= 0.6 is 0 Å². The zero-order valence-electron chi connectivity index (χ0n) is 11.7. The molecule has 1 heterocycles. The van der Waals surface area contributed by atoms with Crippen molar-refractivity contribution in [1.29, 1.82) is 5.26 Å². The molecule has 0 saturated heterocycles. The number of hydrogen-bond acceptors (Lipinski definition) is 8. The van der Waals surface area contributed by atoms with Crippen LogP contribution in [0, 0.1) is 11.3 Å². The molecule has 0 aliphatic carbocycles. The van der Waals surface area contributed by atoms with Crippen LogP contribution < -0.4 is 16.2 Å². The van der Waals surface area contributed by atoms with Crippen molar-refractivity contribution in [2.75, 3.05) is 25.2 Å². The molecule has 0 bridgehead atoms. The number of nitrogens with zero attached hydrogens (tertiary/aromatic N) is 3. The van der Waals surface area contributed by atoms with E-state index in [0.717, 1.165) is 0 Å². The van der Waals surface area contributed by atoms with Crippen LogP contribution in [0.15, 0.2) is 24.3 Å². The van der Waals surface area contributed by atoms with E-state index in [1.807, 2.05) is 6.07 Å². The summed E-state index contributed by atoms with van der Waals surface area (Å²) < 4.78 is 9.79. The van der Waals surface area contributed by atoms with Crippen molar-refractivity contribution in [3.8, 4) is 23.1 Å². The van der Waals surface area contributed by atoms with Crippen LogP contribution in [0.3, 0.4) is 0 Å². The third-order valence-corrected chi connectivity index (χ3v) is 2.76. The topological polar surface area (TPSA) is 137 Å². The average molecular weight is 299 g/mol. The van der Waals surface area contributed by atoms with E-state index in [1.54, 1.807) is 24.3 Å². The first kappa shape index (κ1) is 15.1. The molecule has 0 aliphatic rings. The zero-order chi connectivity index (χ0) is 16.1. The Morgan fingerprint density at radius 3 is 2.82 bits per heavy atom. The van der Waals surface area contributed by atoms with Gasteiger partial charge in [0.2, 0.25) is 5.95 Å². The van der Waals surface area contributed by atoms with Gasteiger partial charge in [-0.25, -0.2) is 9.78 Å². The molecule has 8 nitrogen and oxygen atoms in total. The summed E-state index contributed by atoms with van der Waals surface area (Å²) in [7, 11) is 1.27. The quantitative estimate of drug-likeness (QED) is 0.788. The third kappa shape index (κ3) is 3.21. The predicted octanol–water partition coefficient (Wildman–Crippen LogP) is 0.731. The maximum absolute atomic E-state index is 11.1. The molecule has 2 aromatic rings. The summed E-state index contributed by atoms with van der Waals surface area (Å²) in [6, 6.07) is 8.63. The summed E-state index contributed by atoms with van der Waals surface area (Å²) >= 11 is 0. The van der Waals surface area contributed by atoms with Crippen molar-refractivity contribution in [3.05, 3.63) is 29.8 Å². The Balaban J connectivity index is 2.38. The summed E-state index contributed by atoms with van der Waals surface area (Å²) in [5.74, 6) is -0.112. The molecule has 0 fully saturated rings. The minimum absolute atomic E-state index is 0.00545. The molecule has 8 heteroatoms. The number of esters is 1. The van der Waals surface area contributed by atoms with Crippen LogP contribution in [0.25, 0.3) is 11.3 Å². The predicted molar refractivity (Wildman–Crippen MR) is 78.5 cm³/mol. The van der Waals surface area contributed by atoms with Crippen LogP contribution in [-0.4, -0.2) is 29.7 Å². The number of ether oxygens (including phenoxy) is 2. The zero-order valence-corrected chi connectivity index (χ0v) is 11.7. The fourth-order valence-corrected chi connectivity index (χ4v) is 1.75. The molecular weight excluding hydrogens is 286 g/mol. The minimum Gasteiger partial charge on any atom is -0.482 e. The summed E-state index contributed by atoms with van der Waals surface area (Å²) in [4.78, 5) is 18.9. The number of carbonyl (C=O) groups excluding carboxylic acids is 1. The second-order valence-electron chi connectivity index (χ2n) is 4.20. The number of anilines is 2. The summed E-state index contributed by atoms with van der Waals surface area (Å²) in [6.07, 6.45) is 0. The average Bonchev–Trinajstić information content (AvgIpc) is 2.52. The van der Waals surface area contributed by atoms with Gasteiger partial charge in [0.15, 0.2) is 6.61 Å².